The molecule has 0 unspecified atom stereocenters. The molecule has 2 aromatic heterocycles. The van der Waals surface area contributed by atoms with Crippen LogP contribution in [0, 0.1) is 6.92 Å². The molecular formula is C24H25N5O2S2. The molecule has 0 aliphatic heterocycles. The van der Waals surface area contributed by atoms with Crippen molar-refractivity contribution in [3.63, 3.8) is 0 Å². The van der Waals surface area contributed by atoms with E-state index in [9.17, 15) is 4.79 Å². The van der Waals surface area contributed by atoms with Crippen LogP contribution in [0.4, 0.5) is 0 Å². The first-order valence-corrected chi connectivity index (χ1v) is 12.5. The molecule has 2 aromatic carbocycles. The zero-order chi connectivity index (χ0) is 23.2. The number of thiazole rings is 1. The van der Waals surface area contributed by atoms with E-state index in [4.69, 9.17) is 4.74 Å². The molecule has 0 aliphatic rings. The normalized spacial score (nSPS) is 10.9. The van der Waals surface area contributed by atoms with Crippen molar-refractivity contribution in [2.24, 2.45) is 0 Å². The lowest BCUT2D eigenvalue weighted by atomic mass is 10.2. The fourth-order valence-corrected chi connectivity index (χ4v) is 4.92. The van der Waals surface area contributed by atoms with Crippen LogP contribution in [-0.2, 0) is 5.75 Å². The van der Waals surface area contributed by atoms with Crippen LogP contribution in [0.3, 0.4) is 0 Å². The van der Waals surface area contributed by atoms with Gasteiger partial charge in [0.1, 0.15) is 16.5 Å². The van der Waals surface area contributed by atoms with E-state index in [1.54, 1.807) is 24.3 Å². The van der Waals surface area contributed by atoms with Gasteiger partial charge in [0.15, 0.2) is 11.0 Å². The van der Waals surface area contributed by atoms with E-state index in [0.29, 0.717) is 18.0 Å². The number of hydrogen-bond acceptors (Lipinski definition) is 7. The molecule has 0 saturated heterocycles. The van der Waals surface area contributed by atoms with Crippen molar-refractivity contribution >= 4 is 29.0 Å². The first kappa shape index (κ1) is 23.0. The molecule has 4 rings (SSSR count). The van der Waals surface area contributed by atoms with Gasteiger partial charge < -0.3 is 10.1 Å². The van der Waals surface area contributed by atoms with Crippen LogP contribution in [0.5, 0.6) is 5.75 Å². The SMILES string of the molecule is CCCNC(=O)c1csc(CSc2nnc(-c3cccc(OC)c3)n2-c2ccc(C)cc2)n1. The molecule has 1 N–H and O–H groups in total. The molecule has 33 heavy (non-hydrogen) atoms. The lowest BCUT2D eigenvalue weighted by Gasteiger charge is -2.11. The summed E-state index contributed by atoms with van der Waals surface area (Å²) in [5, 5.41) is 15.3. The van der Waals surface area contributed by atoms with Crippen molar-refractivity contribution in [1.82, 2.24) is 25.1 Å². The van der Waals surface area contributed by atoms with Crippen LogP contribution in [0.15, 0.2) is 59.1 Å². The van der Waals surface area contributed by atoms with E-state index >= 15 is 0 Å². The third-order valence-corrected chi connectivity index (χ3v) is 6.87. The van der Waals surface area contributed by atoms with Crippen molar-refractivity contribution in [1.29, 1.82) is 0 Å². The molecule has 0 radical (unpaired) electrons. The standard InChI is InChI=1S/C24H25N5O2S2/c1-4-12-25-23(30)20-14-32-21(26-20)15-33-24-28-27-22(17-6-5-7-19(13-17)31-3)29(24)18-10-8-16(2)9-11-18/h5-11,13-14H,4,12,15H2,1-3H3,(H,25,30). The van der Waals surface area contributed by atoms with Crippen molar-refractivity contribution in [2.45, 2.75) is 31.2 Å². The van der Waals surface area contributed by atoms with Crippen LogP contribution in [-0.4, -0.2) is 39.3 Å². The lowest BCUT2D eigenvalue weighted by molar-refractivity contribution is 0.0949. The summed E-state index contributed by atoms with van der Waals surface area (Å²) >= 11 is 3.02. The number of nitrogens with zero attached hydrogens (tertiary/aromatic N) is 4. The smallest absolute Gasteiger partial charge is 0.270 e. The quantitative estimate of drug-likeness (QED) is 0.335. The Morgan fingerprint density at radius 3 is 2.76 bits per heavy atom. The lowest BCUT2D eigenvalue weighted by Crippen LogP contribution is -2.24. The van der Waals surface area contributed by atoms with E-state index in [2.05, 4.69) is 51.7 Å². The highest BCUT2D eigenvalue weighted by Crippen LogP contribution is 2.31. The maximum Gasteiger partial charge on any atom is 0.270 e. The Morgan fingerprint density at radius 2 is 2.00 bits per heavy atom. The largest absolute Gasteiger partial charge is 0.497 e. The molecular weight excluding hydrogens is 454 g/mol. The summed E-state index contributed by atoms with van der Waals surface area (Å²) in [6.07, 6.45) is 0.892. The van der Waals surface area contributed by atoms with E-state index < -0.39 is 0 Å². The van der Waals surface area contributed by atoms with Crippen LogP contribution in [0.25, 0.3) is 17.1 Å². The number of hydrogen-bond donors (Lipinski definition) is 1. The summed E-state index contributed by atoms with van der Waals surface area (Å²) < 4.78 is 7.44. The summed E-state index contributed by atoms with van der Waals surface area (Å²) in [4.78, 5) is 16.7. The Labute approximate surface area is 201 Å². The number of carbonyl (C=O) groups is 1. The summed E-state index contributed by atoms with van der Waals surface area (Å²) in [5.74, 6) is 1.96. The Morgan fingerprint density at radius 1 is 1.18 bits per heavy atom. The molecule has 2 heterocycles. The predicted octanol–water partition coefficient (Wildman–Crippen LogP) is 5.14. The third-order valence-electron chi connectivity index (χ3n) is 4.90. The maximum atomic E-state index is 12.2. The topological polar surface area (TPSA) is 81.9 Å². The zero-order valence-electron chi connectivity index (χ0n) is 18.7. The average molecular weight is 480 g/mol. The number of rotatable bonds is 9. The van der Waals surface area contributed by atoms with Crippen molar-refractivity contribution in [2.75, 3.05) is 13.7 Å². The monoisotopic (exact) mass is 479 g/mol. The van der Waals surface area contributed by atoms with Gasteiger partial charge in [-0.1, -0.05) is 48.5 Å². The van der Waals surface area contributed by atoms with Gasteiger partial charge in [-0.05, 0) is 37.6 Å². The van der Waals surface area contributed by atoms with Gasteiger partial charge in [0, 0.05) is 23.2 Å². The minimum absolute atomic E-state index is 0.132. The van der Waals surface area contributed by atoms with Crippen LogP contribution in [0.1, 0.15) is 34.4 Å². The van der Waals surface area contributed by atoms with Gasteiger partial charge in [-0.15, -0.1) is 21.5 Å². The number of nitrogens with one attached hydrogen (secondary N) is 1. The molecule has 7 nitrogen and oxygen atoms in total. The molecule has 0 bridgehead atoms. The minimum atomic E-state index is -0.132. The number of carbonyl (C=O) groups excluding carboxylic acids is 1. The van der Waals surface area contributed by atoms with E-state index in [0.717, 1.165) is 39.4 Å². The highest BCUT2D eigenvalue weighted by Gasteiger charge is 2.18. The van der Waals surface area contributed by atoms with Crippen LogP contribution >= 0.6 is 23.1 Å². The van der Waals surface area contributed by atoms with Gasteiger partial charge >= 0.3 is 0 Å². The molecule has 170 valence electrons. The molecule has 0 saturated carbocycles. The molecule has 1 amide bonds. The van der Waals surface area contributed by atoms with Gasteiger partial charge in [0.2, 0.25) is 0 Å². The first-order valence-electron chi connectivity index (χ1n) is 10.6. The van der Waals surface area contributed by atoms with Crippen LogP contribution in [0.2, 0.25) is 0 Å². The third kappa shape index (κ3) is 5.43. The van der Waals surface area contributed by atoms with Crippen molar-refractivity contribution in [3.8, 4) is 22.8 Å². The van der Waals surface area contributed by atoms with Crippen molar-refractivity contribution < 1.29 is 9.53 Å². The van der Waals surface area contributed by atoms with Gasteiger partial charge in [-0.25, -0.2) is 4.98 Å². The second-order valence-electron chi connectivity index (χ2n) is 7.38. The number of ether oxygens (including phenoxy) is 1. The van der Waals surface area contributed by atoms with Gasteiger partial charge in [0.05, 0.1) is 12.9 Å². The number of methoxy groups -OCH3 is 1. The average Bonchev–Trinajstić information content (AvgIpc) is 3.49. The highest BCUT2D eigenvalue weighted by atomic mass is 32.2. The number of thioether (sulfide) groups is 1. The fourth-order valence-electron chi connectivity index (χ4n) is 3.18. The molecule has 0 spiro atoms. The van der Waals surface area contributed by atoms with Gasteiger partial charge in [-0.3, -0.25) is 9.36 Å². The maximum absolute atomic E-state index is 12.2. The van der Waals surface area contributed by atoms with E-state index in [1.165, 1.54) is 16.9 Å². The summed E-state index contributed by atoms with van der Waals surface area (Å²) in [6.45, 7) is 4.73. The molecule has 0 fully saturated rings. The molecule has 4 aromatic rings. The molecule has 0 atom stereocenters. The van der Waals surface area contributed by atoms with Crippen LogP contribution < -0.4 is 10.1 Å². The Hall–Kier alpha value is -3.17. The number of aromatic nitrogens is 4. The van der Waals surface area contributed by atoms with E-state index in [-0.39, 0.29) is 5.91 Å². The van der Waals surface area contributed by atoms with Gasteiger partial charge in [-0.2, -0.15) is 0 Å². The number of aryl methyl sites for hydroxylation is 1. The highest BCUT2D eigenvalue weighted by molar-refractivity contribution is 7.98. The second-order valence-corrected chi connectivity index (χ2v) is 9.27. The summed E-state index contributed by atoms with van der Waals surface area (Å²) in [7, 11) is 1.65. The fraction of sp³-hybridized carbons (Fsp3) is 0.250. The molecule has 9 heteroatoms. The second kappa shape index (κ2) is 10.6. The summed E-state index contributed by atoms with van der Waals surface area (Å²) in [6, 6.07) is 16.1. The first-order chi connectivity index (χ1) is 16.1. The Balaban J connectivity index is 1.62. The Bertz CT molecular complexity index is 1230. The van der Waals surface area contributed by atoms with Gasteiger partial charge in [0.25, 0.3) is 5.91 Å². The predicted molar refractivity (Wildman–Crippen MR) is 132 cm³/mol. The Kier molecular flexibility index (Phi) is 7.41. The molecule has 0 aliphatic carbocycles. The zero-order valence-corrected chi connectivity index (χ0v) is 20.4. The van der Waals surface area contributed by atoms with Crippen molar-refractivity contribution in [3.05, 3.63) is 70.2 Å². The minimum Gasteiger partial charge on any atom is -0.497 e. The number of amides is 1. The van der Waals surface area contributed by atoms with E-state index in [1.807, 2.05) is 35.8 Å². The number of benzene rings is 2. The summed E-state index contributed by atoms with van der Waals surface area (Å²) in [5.41, 5.74) is 3.53.